The first-order valence-corrected chi connectivity index (χ1v) is 7.02. The van der Waals surface area contributed by atoms with E-state index in [1.54, 1.807) is 11.3 Å². The van der Waals surface area contributed by atoms with E-state index >= 15 is 0 Å². The Labute approximate surface area is 130 Å². The molecule has 1 aromatic heterocycles. The lowest BCUT2D eigenvalue weighted by Gasteiger charge is -2.36. The van der Waals surface area contributed by atoms with E-state index in [1.165, 1.54) is 6.42 Å². The van der Waals surface area contributed by atoms with Crippen LogP contribution in [0.3, 0.4) is 0 Å². The van der Waals surface area contributed by atoms with Crippen molar-refractivity contribution in [1.82, 2.24) is 9.88 Å². The number of thiazole rings is 1. The number of hydrogen-bond donors (Lipinski definition) is 1. The first-order valence-electron chi connectivity index (χ1n) is 6.14. The van der Waals surface area contributed by atoms with Crippen LogP contribution in [-0.4, -0.2) is 28.9 Å². The third-order valence-electron chi connectivity index (χ3n) is 3.30. The van der Waals surface area contributed by atoms with Crippen LogP contribution in [0.25, 0.3) is 0 Å². The van der Waals surface area contributed by atoms with Gasteiger partial charge in [0.15, 0.2) is 0 Å². The molecule has 1 aromatic rings. The average Bonchev–Trinajstić information content (AvgIpc) is 2.90. The Balaban J connectivity index is 0.00000162. The molecule has 110 valence electrons. The Bertz CT molecular complexity index is 375. The number of hydrogen-bond acceptors (Lipinski definition) is 4. The van der Waals surface area contributed by atoms with Crippen molar-refractivity contribution in [2.45, 2.75) is 32.2 Å². The molecule has 0 radical (unpaired) electrons. The summed E-state index contributed by atoms with van der Waals surface area (Å²) in [5.74, 6) is 0.0861. The van der Waals surface area contributed by atoms with Crippen LogP contribution < -0.4 is 5.73 Å². The largest absolute Gasteiger partial charge is 0.333 e. The molecule has 0 aromatic carbocycles. The minimum atomic E-state index is -0.0874. The second-order valence-corrected chi connectivity index (χ2v) is 5.48. The fraction of sp³-hybridized carbons (Fsp3) is 0.667. The Hall–Kier alpha value is -0.360. The minimum absolute atomic E-state index is 0. The molecule has 1 aliphatic rings. The highest BCUT2D eigenvalue weighted by atomic mass is 35.5. The van der Waals surface area contributed by atoms with Crippen LogP contribution in [0.15, 0.2) is 11.6 Å². The van der Waals surface area contributed by atoms with Gasteiger partial charge in [-0.25, -0.2) is 4.98 Å². The molecule has 2 atom stereocenters. The predicted molar refractivity (Wildman–Crippen MR) is 83.1 cm³/mol. The number of nitrogens with zero attached hydrogens (tertiary/aromatic N) is 2. The Kier molecular flexibility index (Phi) is 8.57. The van der Waals surface area contributed by atoms with Gasteiger partial charge < -0.3 is 10.6 Å². The zero-order valence-electron chi connectivity index (χ0n) is 10.9. The molecule has 0 spiro atoms. The number of halogens is 2. The summed E-state index contributed by atoms with van der Waals surface area (Å²) in [5, 5.41) is 3.03. The molecular formula is C12H21Cl2N3OS. The van der Waals surface area contributed by atoms with Crippen LogP contribution in [0.5, 0.6) is 0 Å². The van der Waals surface area contributed by atoms with E-state index in [1.807, 2.05) is 23.4 Å². The van der Waals surface area contributed by atoms with Gasteiger partial charge in [0.05, 0.1) is 6.04 Å². The van der Waals surface area contributed by atoms with Crippen molar-refractivity contribution in [3.63, 3.8) is 0 Å². The van der Waals surface area contributed by atoms with Gasteiger partial charge in [0, 0.05) is 30.6 Å². The summed E-state index contributed by atoms with van der Waals surface area (Å²) >= 11 is 1.63. The second-order valence-electron chi connectivity index (χ2n) is 4.55. The molecule has 1 aliphatic heterocycles. The highest BCUT2D eigenvalue weighted by Crippen LogP contribution is 2.32. The Morgan fingerprint density at radius 3 is 2.89 bits per heavy atom. The molecule has 0 bridgehead atoms. The van der Waals surface area contributed by atoms with Crippen LogP contribution in [0, 0.1) is 5.92 Å². The molecule has 0 saturated carbocycles. The smallest absolute Gasteiger partial charge is 0.227 e. The maximum absolute atomic E-state index is 12.3. The molecular weight excluding hydrogens is 305 g/mol. The van der Waals surface area contributed by atoms with Crippen molar-refractivity contribution in [3.05, 3.63) is 16.6 Å². The fourth-order valence-corrected chi connectivity index (χ4v) is 3.02. The van der Waals surface area contributed by atoms with Gasteiger partial charge in [-0.2, -0.15) is 0 Å². The normalized spacial score (nSPS) is 20.1. The van der Waals surface area contributed by atoms with Crippen molar-refractivity contribution < 1.29 is 4.79 Å². The second kappa shape index (κ2) is 8.74. The molecule has 4 nitrogen and oxygen atoms in total. The molecule has 19 heavy (non-hydrogen) atoms. The average molecular weight is 326 g/mol. The monoisotopic (exact) mass is 325 g/mol. The number of carbonyl (C=O) groups is 1. The first-order chi connectivity index (χ1) is 8.24. The molecule has 7 heteroatoms. The lowest BCUT2D eigenvalue weighted by molar-refractivity contribution is -0.138. The summed E-state index contributed by atoms with van der Waals surface area (Å²) in [6.45, 7) is 3.16. The highest BCUT2D eigenvalue weighted by Gasteiger charge is 2.31. The van der Waals surface area contributed by atoms with Crippen LogP contribution in [-0.2, 0) is 4.79 Å². The summed E-state index contributed by atoms with van der Waals surface area (Å²) in [5.41, 5.74) is 5.58. The molecule has 2 rings (SSSR count). The standard InChI is InChI=1S/C12H19N3OS.2ClH/c1-9(8-13)12(16)15-6-3-2-4-10(15)11-14-5-7-17-11;;/h5,7,9-10H,2-4,6,8,13H2,1H3;2*1H. The maximum Gasteiger partial charge on any atom is 0.227 e. The van der Waals surface area contributed by atoms with Crippen molar-refractivity contribution in [3.8, 4) is 0 Å². The van der Waals surface area contributed by atoms with Gasteiger partial charge in [-0.15, -0.1) is 36.2 Å². The lowest BCUT2D eigenvalue weighted by Crippen LogP contribution is -2.42. The number of nitrogens with two attached hydrogens (primary N) is 1. The molecule has 1 fully saturated rings. The number of aromatic nitrogens is 1. The summed E-state index contributed by atoms with van der Waals surface area (Å²) in [4.78, 5) is 18.6. The molecule has 0 aliphatic carbocycles. The van der Waals surface area contributed by atoms with Gasteiger partial charge in [-0.3, -0.25) is 4.79 Å². The third-order valence-corrected chi connectivity index (χ3v) is 4.17. The molecule has 2 N–H and O–H groups in total. The lowest BCUT2D eigenvalue weighted by atomic mass is 10.00. The molecule has 2 heterocycles. The molecule has 1 amide bonds. The van der Waals surface area contributed by atoms with Gasteiger partial charge in [-0.1, -0.05) is 6.92 Å². The van der Waals surface area contributed by atoms with Crippen molar-refractivity contribution in [2.75, 3.05) is 13.1 Å². The first kappa shape index (κ1) is 18.6. The Morgan fingerprint density at radius 2 is 2.32 bits per heavy atom. The van der Waals surface area contributed by atoms with Crippen LogP contribution >= 0.6 is 36.2 Å². The van der Waals surface area contributed by atoms with E-state index in [0.29, 0.717) is 6.54 Å². The van der Waals surface area contributed by atoms with E-state index in [9.17, 15) is 4.79 Å². The number of rotatable bonds is 3. The summed E-state index contributed by atoms with van der Waals surface area (Å²) in [7, 11) is 0. The number of carbonyl (C=O) groups excluding carboxylic acids is 1. The quantitative estimate of drug-likeness (QED) is 0.929. The minimum Gasteiger partial charge on any atom is -0.333 e. The zero-order chi connectivity index (χ0) is 12.3. The summed E-state index contributed by atoms with van der Waals surface area (Å²) in [6, 6.07) is 0.172. The SMILES string of the molecule is CC(CN)C(=O)N1CCCCC1c1nccs1.Cl.Cl. The van der Waals surface area contributed by atoms with Gasteiger partial charge in [0.2, 0.25) is 5.91 Å². The Morgan fingerprint density at radius 1 is 1.58 bits per heavy atom. The van der Waals surface area contributed by atoms with Crippen molar-refractivity contribution in [1.29, 1.82) is 0 Å². The number of likely N-dealkylation sites (tertiary alicyclic amines) is 1. The zero-order valence-corrected chi connectivity index (χ0v) is 13.4. The van der Waals surface area contributed by atoms with Gasteiger partial charge in [-0.05, 0) is 19.3 Å². The van der Waals surface area contributed by atoms with E-state index in [0.717, 1.165) is 24.4 Å². The summed E-state index contributed by atoms with van der Waals surface area (Å²) in [6.07, 6.45) is 5.09. The van der Waals surface area contributed by atoms with Crippen LogP contribution in [0.1, 0.15) is 37.2 Å². The van der Waals surface area contributed by atoms with E-state index in [2.05, 4.69) is 4.98 Å². The summed E-state index contributed by atoms with van der Waals surface area (Å²) < 4.78 is 0. The van der Waals surface area contributed by atoms with Gasteiger partial charge in [0.1, 0.15) is 5.01 Å². The van der Waals surface area contributed by atoms with Crippen molar-refractivity contribution >= 4 is 42.1 Å². The fourth-order valence-electron chi connectivity index (χ4n) is 2.24. The van der Waals surface area contributed by atoms with Gasteiger partial charge >= 0.3 is 0 Å². The number of piperidine rings is 1. The molecule has 1 saturated heterocycles. The van der Waals surface area contributed by atoms with Crippen LogP contribution in [0.4, 0.5) is 0 Å². The van der Waals surface area contributed by atoms with E-state index in [-0.39, 0.29) is 42.7 Å². The maximum atomic E-state index is 12.3. The van der Waals surface area contributed by atoms with Crippen LogP contribution in [0.2, 0.25) is 0 Å². The van der Waals surface area contributed by atoms with E-state index in [4.69, 9.17) is 5.73 Å². The predicted octanol–water partition coefficient (Wildman–Crippen LogP) is 2.64. The van der Waals surface area contributed by atoms with Gasteiger partial charge in [0.25, 0.3) is 0 Å². The number of amides is 1. The topological polar surface area (TPSA) is 59.2 Å². The van der Waals surface area contributed by atoms with Crippen molar-refractivity contribution in [2.24, 2.45) is 11.7 Å². The molecule has 2 unspecified atom stereocenters. The highest BCUT2D eigenvalue weighted by molar-refractivity contribution is 7.09. The third kappa shape index (κ3) is 4.31. The van der Waals surface area contributed by atoms with E-state index < -0.39 is 0 Å².